The van der Waals surface area contributed by atoms with Crippen molar-refractivity contribution in [2.24, 2.45) is 5.16 Å². The molecule has 1 aromatic carbocycles. The number of rotatable bonds is 4. The van der Waals surface area contributed by atoms with Gasteiger partial charge in [0, 0.05) is 18.2 Å². The molecule has 1 aliphatic carbocycles. The summed E-state index contributed by atoms with van der Waals surface area (Å²) in [6, 6.07) is 6.58. The summed E-state index contributed by atoms with van der Waals surface area (Å²) in [7, 11) is 4.19. The van der Waals surface area contributed by atoms with Crippen molar-refractivity contribution in [3.8, 4) is 5.75 Å². The van der Waals surface area contributed by atoms with E-state index < -0.39 is 4.92 Å². The van der Waals surface area contributed by atoms with Gasteiger partial charge >= 0.3 is 0 Å². The minimum atomic E-state index is -0.432. The molecule has 108 valence electrons. The molecule has 0 heterocycles. The first-order valence-corrected chi connectivity index (χ1v) is 6.70. The summed E-state index contributed by atoms with van der Waals surface area (Å²) < 4.78 is 0. The fourth-order valence-corrected chi connectivity index (χ4v) is 2.29. The molecular weight excluding hydrogens is 258 g/mol. The molecule has 0 unspecified atom stereocenters. The van der Waals surface area contributed by atoms with Gasteiger partial charge < -0.3 is 9.74 Å². The summed E-state index contributed by atoms with van der Waals surface area (Å²) in [5, 5.41) is 14.7. The van der Waals surface area contributed by atoms with E-state index in [0.717, 1.165) is 31.4 Å². The third-order valence-corrected chi connectivity index (χ3v) is 3.59. The minimum Gasteiger partial charge on any atom is -0.357 e. The van der Waals surface area contributed by atoms with Crippen LogP contribution < -0.4 is 4.84 Å². The minimum absolute atomic E-state index is 0.0523. The normalized spacial score (nSPS) is 18.9. The molecule has 0 bridgehead atoms. The van der Waals surface area contributed by atoms with E-state index in [4.69, 9.17) is 4.84 Å². The van der Waals surface area contributed by atoms with Crippen LogP contribution in [-0.2, 0) is 0 Å². The molecule has 1 aromatic rings. The maximum atomic E-state index is 10.5. The van der Waals surface area contributed by atoms with Crippen LogP contribution in [0.2, 0.25) is 0 Å². The number of benzene rings is 1. The van der Waals surface area contributed by atoms with E-state index in [0.29, 0.717) is 11.8 Å². The molecule has 0 aliphatic heterocycles. The van der Waals surface area contributed by atoms with E-state index in [1.165, 1.54) is 12.1 Å². The van der Waals surface area contributed by atoms with E-state index in [1.54, 1.807) is 12.1 Å². The number of nitrogens with zero attached hydrogens (tertiary/aromatic N) is 3. The third kappa shape index (κ3) is 3.77. The highest BCUT2D eigenvalue weighted by atomic mass is 16.6. The SMILES string of the molecule is CN(C)C1CCC(=NOc2ccc([N+](=O)[O-])cc2)CC1. The van der Waals surface area contributed by atoms with Gasteiger partial charge in [0.2, 0.25) is 0 Å². The quantitative estimate of drug-likeness (QED) is 0.627. The first-order chi connectivity index (χ1) is 9.56. The van der Waals surface area contributed by atoms with Crippen molar-refractivity contribution in [3.63, 3.8) is 0 Å². The summed E-state index contributed by atoms with van der Waals surface area (Å²) in [5.74, 6) is 0.526. The Morgan fingerprint density at radius 3 is 2.35 bits per heavy atom. The summed E-state index contributed by atoms with van der Waals surface area (Å²) in [6.07, 6.45) is 4.07. The molecule has 6 nitrogen and oxygen atoms in total. The van der Waals surface area contributed by atoms with Gasteiger partial charge in [-0.25, -0.2) is 0 Å². The molecule has 1 saturated carbocycles. The van der Waals surface area contributed by atoms with E-state index >= 15 is 0 Å². The molecule has 6 heteroatoms. The number of hydrogen-bond acceptors (Lipinski definition) is 5. The number of hydrogen-bond donors (Lipinski definition) is 0. The van der Waals surface area contributed by atoms with Crippen LogP contribution in [0.4, 0.5) is 5.69 Å². The van der Waals surface area contributed by atoms with E-state index in [-0.39, 0.29) is 5.69 Å². The standard InChI is InChI=1S/C14H19N3O3/c1-16(2)12-5-3-11(4-6-12)15-20-14-9-7-13(8-10-14)17(18)19/h7-10,12H,3-6H2,1-2H3. The van der Waals surface area contributed by atoms with Crippen molar-refractivity contribution < 1.29 is 9.76 Å². The molecule has 0 aromatic heterocycles. The number of nitro benzene ring substituents is 1. The second-order valence-corrected chi connectivity index (χ2v) is 5.19. The second kappa shape index (κ2) is 6.47. The summed E-state index contributed by atoms with van der Waals surface area (Å²) >= 11 is 0. The lowest BCUT2D eigenvalue weighted by Gasteiger charge is -2.28. The first kappa shape index (κ1) is 14.5. The van der Waals surface area contributed by atoms with Crippen LogP contribution in [-0.4, -0.2) is 35.7 Å². The van der Waals surface area contributed by atoms with Gasteiger partial charge in [-0.05, 0) is 51.9 Å². The Bertz CT molecular complexity index is 487. The third-order valence-electron chi connectivity index (χ3n) is 3.59. The molecule has 20 heavy (non-hydrogen) atoms. The Balaban J connectivity index is 1.88. The van der Waals surface area contributed by atoms with Crippen LogP contribution in [0.3, 0.4) is 0 Å². The van der Waals surface area contributed by atoms with Gasteiger partial charge in [-0.15, -0.1) is 0 Å². The van der Waals surface area contributed by atoms with Crippen LogP contribution in [0.5, 0.6) is 5.75 Å². The number of oxime groups is 1. The molecule has 0 amide bonds. The van der Waals surface area contributed by atoms with Crippen molar-refractivity contribution >= 4 is 11.4 Å². The van der Waals surface area contributed by atoms with Crippen LogP contribution in [0.1, 0.15) is 25.7 Å². The van der Waals surface area contributed by atoms with Gasteiger partial charge in [-0.2, -0.15) is 0 Å². The Hall–Kier alpha value is -1.95. The second-order valence-electron chi connectivity index (χ2n) is 5.19. The maximum Gasteiger partial charge on any atom is 0.269 e. The van der Waals surface area contributed by atoms with Gasteiger partial charge in [0.1, 0.15) is 0 Å². The number of nitro groups is 1. The fourth-order valence-electron chi connectivity index (χ4n) is 2.29. The Morgan fingerprint density at radius 1 is 1.25 bits per heavy atom. The first-order valence-electron chi connectivity index (χ1n) is 6.70. The lowest BCUT2D eigenvalue weighted by Crippen LogP contribution is -2.32. The van der Waals surface area contributed by atoms with Crippen molar-refractivity contribution in [1.29, 1.82) is 0 Å². The molecule has 0 saturated heterocycles. The van der Waals surface area contributed by atoms with Crippen molar-refractivity contribution in [2.75, 3.05) is 14.1 Å². The summed E-state index contributed by atoms with van der Waals surface area (Å²) in [5.41, 5.74) is 1.11. The van der Waals surface area contributed by atoms with Crippen LogP contribution in [0.25, 0.3) is 0 Å². The van der Waals surface area contributed by atoms with Crippen LogP contribution >= 0.6 is 0 Å². The lowest BCUT2D eigenvalue weighted by atomic mass is 9.93. The summed E-state index contributed by atoms with van der Waals surface area (Å²) in [6.45, 7) is 0. The van der Waals surface area contributed by atoms with E-state index in [9.17, 15) is 10.1 Å². The molecule has 0 radical (unpaired) electrons. The molecule has 1 aliphatic rings. The zero-order valence-corrected chi connectivity index (χ0v) is 11.8. The molecule has 1 fully saturated rings. The van der Waals surface area contributed by atoms with Gasteiger partial charge in [-0.3, -0.25) is 10.1 Å². The van der Waals surface area contributed by atoms with Gasteiger partial charge in [-0.1, -0.05) is 5.16 Å². The maximum absolute atomic E-state index is 10.5. The molecule has 0 spiro atoms. The number of non-ortho nitro benzene ring substituents is 1. The zero-order valence-electron chi connectivity index (χ0n) is 11.8. The van der Waals surface area contributed by atoms with Gasteiger partial charge in [0.05, 0.1) is 10.6 Å². The largest absolute Gasteiger partial charge is 0.357 e. The highest BCUT2D eigenvalue weighted by Crippen LogP contribution is 2.21. The lowest BCUT2D eigenvalue weighted by molar-refractivity contribution is -0.384. The van der Waals surface area contributed by atoms with Crippen LogP contribution in [0, 0.1) is 10.1 Å². The highest BCUT2D eigenvalue weighted by Gasteiger charge is 2.19. The highest BCUT2D eigenvalue weighted by molar-refractivity contribution is 5.84. The van der Waals surface area contributed by atoms with Crippen molar-refractivity contribution in [3.05, 3.63) is 34.4 Å². The topological polar surface area (TPSA) is 68.0 Å². The Morgan fingerprint density at radius 2 is 1.85 bits per heavy atom. The molecule has 2 rings (SSSR count). The monoisotopic (exact) mass is 277 g/mol. The Labute approximate surface area is 118 Å². The predicted octanol–water partition coefficient (Wildman–Crippen LogP) is 2.83. The van der Waals surface area contributed by atoms with Gasteiger partial charge in [0.25, 0.3) is 5.69 Å². The molecule has 0 atom stereocenters. The van der Waals surface area contributed by atoms with E-state index in [1.807, 2.05) is 0 Å². The van der Waals surface area contributed by atoms with Crippen LogP contribution in [0.15, 0.2) is 29.4 Å². The molecular formula is C14H19N3O3. The van der Waals surface area contributed by atoms with Gasteiger partial charge in [0.15, 0.2) is 5.75 Å². The average Bonchev–Trinajstić information content (AvgIpc) is 2.46. The zero-order chi connectivity index (χ0) is 14.5. The Kier molecular flexibility index (Phi) is 4.68. The van der Waals surface area contributed by atoms with Crippen molar-refractivity contribution in [2.45, 2.75) is 31.7 Å². The molecule has 0 N–H and O–H groups in total. The smallest absolute Gasteiger partial charge is 0.269 e. The predicted molar refractivity (Wildman–Crippen MR) is 77.1 cm³/mol. The van der Waals surface area contributed by atoms with Crippen molar-refractivity contribution in [1.82, 2.24) is 4.90 Å². The summed E-state index contributed by atoms with van der Waals surface area (Å²) in [4.78, 5) is 17.7. The average molecular weight is 277 g/mol. The fraction of sp³-hybridized carbons (Fsp3) is 0.500. The van der Waals surface area contributed by atoms with E-state index in [2.05, 4.69) is 24.2 Å².